The summed E-state index contributed by atoms with van der Waals surface area (Å²) in [5.41, 5.74) is 2.43. The van der Waals surface area contributed by atoms with Gasteiger partial charge in [-0.3, -0.25) is 14.9 Å². The maximum absolute atomic E-state index is 13.3. The van der Waals surface area contributed by atoms with Crippen molar-refractivity contribution < 1.29 is 19.2 Å². The summed E-state index contributed by atoms with van der Waals surface area (Å²) in [4.78, 5) is 37.0. The first-order valence-corrected chi connectivity index (χ1v) is 10.2. The first-order chi connectivity index (χ1) is 16.0. The third-order valence-electron chi connectivity index (χ3n) is 5.16. The number of carbonyl (C=O) groups is 2. The van der Waals surface area contributed by atoms with E-state index < -0.39 is 22.8 Å². The van der Waals surface area contributed by atoms with Crippen LogP contribution in [0.1, 0.15) is 32.4 Å². The molecule has 1 atom stereocenters. The highest BCUT2D eigenvalue weighted by Gasteiger charge is 2.28. The summed E-state index contributed by atoms with van der Waals surface area (Å²) in [5, 5.41) is 11.0. The van der Waals surface area contributed by atoms with E-state index in [4.69, 9.17) is 4.74 Å². The van der Waals surface area contributed by atoms with E-state index in [1.54, 1.807) is 42.5 Å². The van der Waals surface area contributed by atoms with E-state index in [9.17, 15) is 19.7 Å². The number of esters is 1. The van der Waals surface area contributed by atoms with Crippen LogP contribution < -0.4 is 0 Å². The van der Waals surface area contributed by atoms with Crippen molar-refractivity contribution in [1.29, 1.82) is 0 Å². The van der Waals surface area contributed by atoms with Crippen LogP contribution >= 0.6 is 0 Å². The Balaban J connectivity index is 1.71. The van der Waals surface area contributed by atoms with Crippen molar-refractivity contribution in [2.45, 2.75) is 6.10 Å². The lowest BCUT2D eigenvalue weighted by atomic mass is 9.98. The number of nitro benzene ring substituents is 1. The Morgan fingerprint density at radius 3 is 1.94 bits per heavy atom. The van der Waals surface area contributed by atoms with Gasteiger partial charge >= 0.3 is 5.97 Å². The molecule has 0 bridgehead atoms. The topological polar surface area (TPSA) is 86.5 Å². The molecule has 0 aliphatic carbocycles. The fourth-order valence-corrected chi connectivity index (χ4v) is 3.50. The maximum atomic E-state index is 13.3. The second-order valence-electron chi connectivity index (χ2n) is 7.28. The molecule has 0 aliphatic heterocycles. The smallest absolute Gasteiger partial charge is 0.339 e. The van der Waals surface area contributed by atoms with E-state index in [2.05, 4.69) is 0 Å². The normalized spacial score (nSPS) is 11.4. The van der Waals surface area contributed by atoms with E-state index in [0.717, 1.165) is 5.56 Å². The number of ether oxygens (including phenoxy) is 1. The quantitative estimate of drug-likeness (QED) is 0.152. The largest absolute Gasteiger partial charge is 0.445 e. The van der Waals surface area contributed by atoms with Crippen molar-refractivity contribution in [1.82, 2.24) is 0 Å². The number of Topliss-reactive ketones (excluding diaryl/α,β-unsaturated/α-hetero) is 1. The van der Waals surface area contributed by atoms with Crippen molar-refractivity contribution in [3.05, 3.63) is 136 Å². The van der Waals surface area contributed by atoms with Crippen molar-refractivity contribution in [2.75, 3.05) is 0 Å². The summed E-state index contributed by atoms with van der Waals surface area (Å²) >= 11 is 0. The van der Waals surface area contributed by atoms with E-state index in [-0.39, 0.29) is 5.69 Å². The Morgan fingerprint density at radius 2 is 1.30 bits per heavy atom. The molecular formula is C27H19NO5. The Bertz CT molecular complexity index is 1290. The molecule has 0 heterocycles. The van der Waals surface area contributed by atoms with Gasteiger partial charge in [-0.25, -0.2) is 4.79 Å². The highest BCUT2D eigenvalue weighted by atomic mass is 16.6. The molecule has 0 radical (unpaired) electrons. The number of nitrogens with zero attached hydrogens (tertiary/aromatic N) is 1. The van der Waals surface area contributed by atoms with Gasteiger partial charge in [0, 0.05) is 23.3 Å². The number of rotatable bonds is 7. The molecule has 6 heteroatoms. The zero-order valence-electron chi connectivity index (χ0n) is 17.5. The molecule has 0 aliphatic rings. The number of hydrogen-bond acceptors (Lipinski definition) is 5. The lowest BCUT2D eigenvalue weighted by Crippen LogP contribution is -2.20. The molecule has 6 nitrogen and oxygen atoms in total. The molecule has 33 heavy (non-hydrogen) atoms. The van der Waals surface area contributed by atoms with Crippen molar-refractivity contribution >= 4 is 17.4 Å². The summed E-state index contributed by atoms with van der Waals surface area (Å²) in [7, 11) is 0. The van der Waals surface area contributed by atoms with Crippen LogP contribution in [0.15, 0.2) is 109 Å². The molecule has 0 amide bonds. The standard InChI is InChI=1S/C27H19NO5/c29-25(20-11-5-2-6-12-20)26(21-15-17-22(18-16-21)28(31)32)33-27(30)24-14-8-7-13-23(24)19-9-3-1-4-10-19/h1-18,26H/t26-/m1/s1. The van der Waals surface area contributed by atoms with E-state index in [1.165, 1.54) is 24.3 Å². The minimum atomic E-state index is -1.26. The lowest BCUT2D eigenvalue weighted by molar-refractivity contribution is -0.384. The van der Waals surface area contributed by atoms with Crippen molar-refractivity contribution in [3.8, 4) is 11.1 Å². The van der Waals surface area contributed by atoms with Gasteiger partial charge in [0.15, 0.2) is 6.10 Å². The molecule has 4 rings (SSSR count). The number of ketones is 1. The first kappa shape index (κ1) is 21.6. The van der Waals surface area contributed by atoms with Gasteiger partial charge in [0.1, 0.15) is 0 Å². The minimum Gasteiger partial charge on any atom is -0.445 e. The van der Waals surface area contributed by atoms with Gasteiger partial charge in [-0.2, -0.15) is 0 Å². The second-order valence-corrected chi connectivity index (χ2v) is 7.28. The molecule has 0 spiro atoms. The Morgan fingerprint density at radius 1 is 0.727 bits per heavy atom. The fourth-order valence-electron chi connectivity index (χ4n) is 3.50. The SMILES string of the molecule is O=C(O[C@@H](C(=O)c1ccccc1)c1ccc([N+](=O)[O-])cc1)c1ccccc1-c1ccccc1. The Kier molecular flexibility index (Phi) is 6.36. The fraction of sp³-hybridized carbons (Fsp3) is 0.0370. The lowest BCUT2D eigenvalue weighted by Gasteiger charge is -2.18. The van der Waals surface area contributed by atoms with Gasteiger partial charge in [-0.15, -0.1) is 0 Å². The second kappa shape index (κ2) is 9.70. The van der Waals surface area contributed by atoms with Gasteiger partial charge in [0.05, 0.1) is 10.5 Å². The monoisotopic (exact) mass is 437 g/mol. The summed E-state index contributed by atoms with van der Waals surface area (Å²) < 4.78 is 5.74. The van der Waals surface area contributed by atoms with E-state index in [0.29, 0.717) is 22.3 Å². The van der Waals surface area contributed by atoms with Gasteiger partial charge < -0.3 is 4.74 Å². The molecule has 4 aromatic rings. The van der Waals surface area contributed by atoms with Gasteiger partial charge in [0.25, 0.3) is 5.69 Å². The zero-order valence-corrected chi connectivity index (χ0v) is 17.5. The highest BCUT2D eigenvalue weighted by Crippen LogP contribution is 2.29. The van der Waals surface area contributed by atoms with Crippen molar-refractivity contribution in [3.63, 3.8) is 0 Å². The van der Waals surface area contributed by atoms with Crippen LogP contribution in [-0.2, 0) is 4.74 Å². The number of hydrogen-bond donors (Lipinski definition) is 0. The molecule has 162 valence electrons. The predicted molar refractivity (Wildman–Crippen MR) is 124 cm³/mol. The molecule has 0 N–H and O–H groups in total. The summed E-state index contributed by atoms with van der Waals surface area (Å²) in [6.45, 7) is 0. The number of carbonyl (C=O) groups excluding carboxylic acids is 2. The van der Waals surface area contributed by atoms with Crippen LogP contribution in [0.25, 0.3) is 11.1 Å². The van der Waals surface area contributed by atoms with Crippen LogP contribution in [0.2, 0.25) is 0 Å². The maximum Gasteiger partial charge on any atom is 0.339 e. The Hall–Kier alpha value is -4.58. The number of benzene rings is 4. The molecule has 0 fully saturated rings. The third-order valence-corrected chi connectivity index (χ3v) is 5.16. The van der Waals surface area contributed by atoms with Gasteiger partial charge in [-0.1, -0.05) is 78.9 Å². The molecule has 0 saturated carbocycles. The van der Waals surface area contributed by atoms with Crippen LogP contribution in [-0.4, -0.2) is 16.7 Å². The number of non-ortho nitro benzene ring substituents is 1. The van der Waals surface area contributed by atoms with Gasteiger partial charge in [-0.05, 0) is 29.3 Å². The van der Waals surface area contributed by atoms with Crippen LogP contribution in [0, 0.1) is 10.1 Å². The Labute approximate surface area is 190 Å². The third kappa shape index (κ3) is 4.85. The van der Waals surface area contributed by atoms with Gasteiger partial charge in [0.2, 0.25) is 5.78 Å². The zero-order chi connectivity index (χ0) is 23.2. The van der Waals surface area contributed by atoms with Crippen molar-refractivity contribution in [2.24, 2.45) is 0 Å². The van der Waals surface area contributed by atoms with Crippen LogP contribution in [0.3, 0.4) is 0 Å². The molecular weight excluding hydrogens is 418 g/mol. The minimum absolute atomic E-state index is 0.120. The molecule has 0 aromatic heterocycles. The number of nitro groups is 1. The van der Waals surface area contributed by atoms with E-state index >= 15 is 0 Å². The van der Waals surface area contributed by atoms with E-state index in [1.807, 2.05) is 42.5 Å². The average molecular weight is 437 g/mol. The molecule has 0 saturated heterocycles. The summed E-state index contributed by atoms with van der Waals surface area (Å²) in [6, 6.07) is 30.3. The molecule has 4 aromatic carbocycles. The molecule has 0 unspecified atom stereocenters. The highest BCUT2D eigenvalue weighted by molar-refractivity contribution is 6.03. The summed E-state index contributed by atoms with van der Waals surface area (Å²) in [5.74, 6) is -1.09. The first-order valence-electron chi connectivity index (χ1n) is 10.2. The average Bonchev–Trinajstić information content (AvgIpc) is 2.88. The van der Waals surface area contributed by atoms with Crippen LogP contribution in [0.4, 0.5) is 5.69 Å². The van der Waals surface area contributed by atoms with Crippen LogP contribution in [0.5, 0.6) is 0 Å². The predicted octanol–water partition coefficient (Wildman–Crippen LogP) is 6.04. The summed E-state index contributed by atoms with van der Waals surface area (Å²) in [6.07, 6.45) is -1.26.